The molecule has 0 aromatic carbocycles. The highest BCUT2D eigenvalue weighted by Crippen LogP contribution is 2.48. The summed E-state index contributed by atoms with van der Waals surface area (Å²) >= 11 is 0. The van der Waals surface area contributed by atoms with E-state index in [-0.39, 0.29) is 12.2 Å². The van der Waals surface area contributed by atoms with Crippen LogP contribution in [-0.2, 0) is 4.94 Å². The molecular formula is C15H27FO2. The van der Waals surface area contributed by atoms with Gasteiger partial charge in [-0.15, -0.1) is 0 Å². The van der Waals surface area contributed by atoms with Crippen molar-refractivity contribution in [1.29, 1.82) is 0 Å². The number of halogens is 1. The highest BCUT2D eigenvalue weighted by Gasteiger charge is 2.40. The molecule has 0 unspecified atom stereocenters. The van der Waals surface area contributed by atoms with E-state index in [0.29, 0.717) is 17.3 Å². The SMILES string of the molecule is CC(C)(C1CCC(O)CC1)C1CCC(OF)CC1. The Hall–Kier alpha value is -0.150. The predicted molar refractivity (Wildman–Crippen MR) is 69.7 cm³/mol. The van der Waals surface area contributed by atoms with E-state index in [4.69, 9.17) is 0 Å². The number of hydrogen-bond donors (Lipinski definition) is 1. The molecule has 2 saturated carbocycles. The maximum absolute atomic E-state index is 12.2. The third-order valence-corrected chi connectivity index (χ3v) is 5.60. The van der Waals surface area contributed by atoms with Gasteiger partial charge in [0.1, 0.15) is 0 Å². The third kappa shape index (κ3) is 3.05. The summed E-state index contributed by atoms with van der Waals surface area (Å²) in [7, 11) is 0. The summed E-state index contributed by atoms with van der Waals surface area (Å²) in [4.78, 5) is 3.98. The van der Waals surface area contributed by atoms with Crippen LogP contribution in [-0.4, -0.2) is 17.3 Å². The van der Waals surface area contributed by atoms with Crippen LogP contribution >= 0.6 is 0 Å². The van der Waals surface area contributed by atoms with Gasteiger partial charge in [-0.2, -0.15) is 4.94 Å². The van der Waals surface area contributed by atoms with Crippen molar-refractivity contribution in [3.8, 4) is 0 Å². The topological polar surface area (TPSA) is 29.5 Å². The zero-order valence-electron chi connectivity index (χ0n) is 11.7. The Labute approximate surface area is 110 Å². The molecular weight excluding hydrogens is 231 g/mol. The second-order valence-electron chi connectivity index (χ2n) is 6.89. The average Bonchev–Trinajstić information content (AvgIpc) is 2.39. The van der Waals surface area contributed by atoms with Crippen molar-refractivity contribution >= 4 is 0 Å². The molecule has 2 nitrogen and oxygen atoms in total. The fraction of sp³-hybridized carbons (Fsp3) is 1.00. The van der Waals surface area contributed by atoms with Gasteiger partial charge >= 0.3 is 0 Å². The van der Waals surface area contributed by atoms with Gasteiger partial charge in [0, 0.05) is 0 Å². The van der Waals surface area contributed by atoms with Gasteiger partial charge in [0.25, 0.3) is 0 Å². The first-order valence-electron chi connectivity index (χ1n) is 7.49. The second-order valence-corrected chi connectivity index (χ2v) is 6.89. The van der Waals surface area contributed by atoms with Crippen molar-refractivity contribution in [2.24, 2.45) is 17.3 Å². The van der Waals surface area contributed by atoms with Gasteiger partial charge in [-0.3, -0.25) is 0 Å². The van der Waals surface area contributed by atoms with Gasteiger partial charge < -0.3 is 5.11 Å². The quantitative estimate of drug-likeness (QED) is 0.828. The van der Waals surface area contributed by atoms with E-state index in [2.05, 4.69) is 18.8 Å². The highest BCUT2D eigenvalue weighted by molar-refractivity contribution is 4.90. The van der Waals surface area contributed by atoms with Crippen molar-refractivity contribution in [2.45, 2.75) is 77.4 Å². The molecule has 18 heavy (non-hydrogen) atoms. The summed E-state index contributed by atoms with van der Waals surface area (Å²) in [6.45, 7) is 4.74. The Morgan fingerprint density at radius 3 is 1.78 bits per heavy atom. The number of aliphatic hydroxyl groups is 1. The summed E-state index contributed by atoms with van der Waals surface area (Å²) in [6, 6.07) is 0. The fourth-order valence-electron chi connectivity index (χ4n) is 4.05. The summed E-state index contributed by atoms with van der Waals surface area (Å²) in [6.07, 6.45) is 7.86. The molecule has 1 N–H and O–H groups in total. The molecule has 0 saturated heterocycles. The standard InChI is InChI=1S/C15H27FO2/c1-15(2,11-3-7-13(17)8-4-11)12-5-9-14(18-16)10-6-12/h11-14,17H,3-10H2,1-2H3. The Morgan fingerprint density at radius 1 is 0.889 bits per heavy atom. The molecule has 2 aliphatic carbocycles. The minimum Gasteiger partial charge on any atom is -0.393 e. The van der Waals surface area contributed by atoms with Gasteiger partial charge in [0.15, 0.2) is 0 Å². The maximum Gasteiger partial charge on any atom is 0.0984 e. The lowest BCUT2D eigenvalue weighted by molar-refractivity contribution is -0.193. The minimum absolute atomic E-state index is 0.0762. The van der Waals surface area contributed by atoms with Crippen molar-refractivity contribution in [1.82, 2.24) is 0 Å². The first-order chi connectivity index (χ1) is 8.54. The van der Waals surface area contributed by atoms with Crippen molar-refractivity contribution in [2.75, 3.05) is 0 Å². The van der Waals surface area contributed by atoms with Crippen LogP contribution in [0.3, 0.4) is 0 Å². The van der Waals surface area contributed by atoms with Crippen molar-refractivity contribution < 1.29 is 14.6 Å². The number of aliphatic hydroxyl groups excluding tert-OH is 1. The zero-order valence-corrected chi connectivity index (χ0v) is 11.7. The van der Waals surface area contributed by atoms with Crippen molar-refractivity contribution in [3.63, 3.8) is 0 Å². The molecule has 0 aromatic rings. The Balaban J connectivity index is 1.90. The molecule has 0 bridgehead atoms. The largest absolute Gasteiger partial charge is 0.393 e. The van der Waals surface area contributed by atoms with Gasteiger partial charge in [-0.25, -0.2) is 0 Å². The Bertz CT molecular complexity index is 251. The fourth-order valence-corrected chi connectivity index (χ4v) is 4.05. The molecule has 0 spiro atoms. The van der Waals surface area contributed by atoms with Crippen LogP contribution < -0.4 is 0 Å². The summed E-state index contributed by atoms with van der Waals surface area (Å²) in [5.74, 6) is 1.40. The number of hydrogen-bond acceptors (Lipinski definition) is 2. The molecule has 0 atom stereocenters. The second kappa shape index (κ2) is 5.87. The van der Waals surface area contributed by atoms with Crippen LogP contribution in [0.15, 0.2) is 0 Å². The Morgan fingerprint density at radius 2 is 1.33 bits per heavy atom. The monoisotopic (exact) mass is 258 g/mol. The summed E-state index contributed by atoms with van der Waals surface area (Å²) in [5, 5.41) is 9.61. The van der Waals surface area contributed by atoms with E-state index in [1.165, 1.54) is 0 Å². The van der Waals surface area contributed by atoms with E-state index in [1.807, 2.05) is 0 Å². The third-order valence-electron chi connectivity index (χ3n) is 5.60. The molecule has 2 rings (SSSR count). The molecule has 3 heteroatoms. The first-order valence-corrected chi connectivity index (χ1v) is 7.49. The van der Waals surface area contributed by atoms with E-state index in [0.717, 1.165) is 51.4 Å². The van der Waals surface area contributed by atoms with E-state index >= 15 is 0 Å². The van der Waals surface area contributed by atoms with Gasteiger partial charge in [0.05, 0.1) is 12.2 Å². The van der Waals surface area contributed by atoms with Gasteiger partial charge in [-0.05, 0) is 73.1 Å². The maximum atomic E-state index is 12.2. The lowest BCUT2D eigenvalue weighted by Crippen LogP contribution is -2.38. The van der Waals surface area contributed by atoms with Crippen LogP contribution in [0.25, 0.3) is 0 Å². The predicted octanol–water partition coefficient (Wildman–Crippen LogP) is 4.02. The molecule has 0 heterocycles. The van der Waals surface area contributed by atoms with Gasteiger partial charge in [-0.1, -0.05) is 13.8 Å². The van der Waals surface area contributed by atoms with Gasteiger partial charge in [0.2, 0.25) is 0 Å². The molecule has 0 amide bonds. The highest BCUT2D eigenvalue weighted by atomic mass is 19.3. The van der Waals surface area contributed by atoms with E-state index in [9.17, 15) is 9.63 Å². The average molecular weight is 258 g/mol. The lowest BCUT2D eigenvalue weighted by atomic mass is 9.60. The molecule has 2 aliphatic rings. The lowest BCUT2D eigenvalue weighted by Gasteiger charge is -2.46. The summed E-state index contributed by atoms with van der Waals surface area (Å²) < 4.78 is 12.2. The summed E-state index contributed by atoms with van der Waals surface area (Å²) in [5.41, 5.74) is 0.321. The van der Waals surface area contributed by atoms with Crippen LogP contribution in [0.2, 0.25) is 0 Å². The van der Waals surface area contributed by atoms with Crippen LogP contribution in [0.5, 0.6) is 0 Å². The molecule has 2 fully saturated rings. The van der Waals surface area contributed by atoms with Crippen molar-refractivity contribution in [3.05, 3.63) is 0 Å². The van der Waals surface area contributed by atoms with Crippen LogP contribution in [0.4, 0.5) is 4.53 Å². The van der Waals surface area contributed by atoms with E-state index in [1.54, 1.807) is 0 Å². The van der Waals surface area contributed by atoms with E-state index < -0.39 is 0 Å². The molecule has 0 aliphatic heterocycles. The number of rotatable bonds is 3. The molecule has 0 radical (unpaired) electrons. The minimum atomic E-state index is -0.162. The Kier molecular flexibility index (Phi) is 4.65. The smallest absolute Gasteiger partial charge is 0.0984 e. The molecule has 0 aromatic heterocycles. The molecule has 106 valence electrons. The van der Waals surface area contributed by atoms with Crippen LogP contribution in [0, 0.1) is 17.3 Å². The normalized spacial score (nSPS) is 38.7. The first kappa shape index (κ1) is 14.3. The van der Waals surface area contributed by atoms with Crippen LogP contribution in [0.1, 0.15) is 65.2 Å². The zero-order chi connectivity index (χ0) is 13.2.